The summed E-state index contributed by atoms with van der Waals surface area (Å²) >= 11 is 0. The molecule has 4 nitrogen and oxygen atoms in total. The number of nitrogens with two attached hydrogens (primary N) is 1. The first kappa shape index (κ1) is 18.4. The zero-order chi connectivity index (χ0) is 15.6. The van der Waals surface area contributed by atoms with Crippen molar-refractivity contribution in [3.8, 4) is 5.75 Å². The summed E-state index contributed by atoms with van der Waals surface area (Å²) in [6.45, 7) is 2.24. The summed E-state index contributed by atoms with van der Waals surface area (Å²) in [7, 11) is 1.72. The zero-order valence-corrected chi connectivity index (χ0v) is 16.4. The minimum atomic E-state index is 0. The summed E-state index contributed by atoms with van der Waals surface area (Å²) in [5.74, 6) is 1.55. The van der Waals surface area contributed by atoms with Crippen LogP contribution >= 0.6 is 24.0 Å². The van der Waals surface area contributed by atoms with Crippen LogP contribution < -0.4 is 15.8 Å². The van der Waals surface area contributed by atoms with Crippen molar-refractivity contribution in [2.24, 2.45) is 10.7 Å². The first-order valence-electron chi connectivity index (χ1n) is 8.37. The van der Waals surface area contributed by atoms with E-state index in [1.807, 2.05) is 12.1 Å². The number of methoxy groups -OCH3 is 1. The molecular formula is C18H28IN3O. The van der Waals surface area contributed by atoms with Gasteiger partial charge in [-0.25, -0.2) is 4.99 Å². The molecule has 1 aromatic carbocycles. The first-order chi connectivity index (χ1) is 10.6. The van der Waals surface area contributed by atoms with Crippen LogP contribution in [0.25, 0.3) is 0 Å². The second kappa shape index (κ2) is 7.73. The molecule has 3 N–H and O–H groups in total. The summed E-state index contributed by atoms with van der Waals surface area (Å²) in [5.41, 5.74) is 7.40. The van der Waals surface area contributed by atoms with Gasteiger partial charge < -0.3 is 15.8 Å². The Morgan fingerprint density at radius 1 is 1.26 bits per heavy atom. The molecule has 0 heterocycles. The third kappa shape index (κ3) is 4.11. The molecule has 2 saturated carbocycles. The molecule has 0 radical (unpaired) electrons. The molecular weight excluding hydrogens is 401 g/mol. The summed E-state index contributed by atoms with van der Waals surface area (Å²) in [4.78, 5) is 4.72. The smallest absolute Gasteiger partial charge is 0.189 e. The molecule has 5 heteroatoms. The van der Waals surface area contributed by atoms with Crippen LogP contribution in [0.1, 0.15) is 51.0 Å². The number of halogens is 1. The van der Waals surface area contributed by atoms with Crippen molar-refractivity contribution in [1.29, 1.82) is 0 Å². The van der Waals surface area contributed by atoms with Gasteiger partial charge in [-0.2, -0.15) is 0 Å². The summed E-state index contributed by atoms with van der Waals surface area (Å²) in [6, 6.07) is 8.98. The number of benzene rings is 1. The molecule has 0 spiro atoms. The van der Waals surface area contributed by atoms with Gasteiger partial charge in [0.05, 0.1) is 13.2 Å². The van der Waals surface area contributed by atoms with Crippen molar-refractivity contribution in [3.05, 3.63) is 29.8 Å². The third-order valence-electron chi connectivity index (χ3n) is 5.17. The van der Waals surface area contributed by atoms with Crippen LogP contribution in [0.15, 0.2) is 29.3 Å². The predicted molar refractivity (Wildman–Crippen MR) is 106 cm³/mol. The number of ether oxygens (including phenoxy) is 1. The first-order valence-corrected chi connectivity index (χ1v) is 8.37. The highest BCUT2D eigenvalue weighted by Gasteiger charge is 2.53. The molecule has 0 saturated heterocycles. The van der Waals surface area contributed by atoms with E-state index in [1.165, 1.54) is 37.7 Å². The molecule has 23 heavy (non-hydrogen) atoms. The summed E-state index contributed by atoms with van der Waals surface area (Å²) in [5, 5.41) is 3.40. The number of guanidine groups is 1. The maximum absolute atomic E-state index is 6.12. The molecule has 2 aliphatic rings. The zero-order valence-electron chi connectivity index (χ0n) is 14.0. The minimum Gasteiger partial charge on any atom is -0.496 e. The van der Waals surface area contributed by atoms with Crippen LogP contribution in [0.3, 0.4) is 0 Å². The molecule has 0 aliphatic heterocycles. The highest BCUT2D eigenvalue weighted by molar-refractivity contribution is 14.0. The van der Waals surface area contributed by atoms with Crippen LogP contribution in [0.4, 0.5) is 0 Å². The molecule has 3 rings (SSSR count). The summed E-state index contributed by atoms with van der Waals surface area (Å²) in [6.07, 6.45) is 7.40. The standard InChI is InChI=1S/C18H27N3O.HI/c1-18(14-10-6-7-11-15(14)22-2)12-16(18)21-17(19)20-13-8-4-3-5-9-13;/h6-7,10-11,13,16H,3-5,8-9,12H2,1-2H3,(H3,19,20,21);1H. The lowest BCUT2D eigenvalue weighted by Crippen LogP contribution is -2.41. The lowest BCUT2D eigenvalue weighted by Gasteiger charge is -2.23. The van der Waals surface area contributed by atoms with Gasteiger partial charge in [0.25, 0.3) is 0 Å². The van der Waals surface area contributed by atoms with E-state index < -0.39 is 0 Å². The van der Waals surface area contributed by atoms with Gasteiger partial charge in [0.1, 0.15) is 5.75 Å². The minimum absolute atomic E-state index is 0. The Morgan fingerprint density at radius 3 is 2.65 bits per heavy atom. The van der Waals surface area contributed by atoms with Gasteiger partial charge >= 0.3 is 0 Å². The molecule has 0 aromatic heterocycles. The molecule has 1 aromatic rings. The van der Waals surface area contributed by atoms with E-state index in [0.29, 0.717) is 12.0 Å². The highest BCUT2D eigenvalue weighted by atomic mass is 127. The molecule has 2 aliphatic carbocycles. The third-order valence-corrected chi connectivity index (χ3v) is 5.17. The number of nitrogens with one attached hydrogen (secondary N) is 1. The van der Waals surface area contributed by atoms with Crippen molar-refractivity contribution < 1.29 is 4.74 Å². The van der Waals surface area contributed by atoms with E-state index in [1.54, 1.807) is 7.11 Å². The Hall–Kier alpha value is -0.980. The number of aliphatic imine (C=N–C) groups is 1. The van der Waals surface area contributed by atoms with Gasteiger partial charge in [-0.05, 0) is 25.3 Å². The maximum Gasteiger partial charge on any atom is 0.189 e. The largest absolute Gasteiger partial charge is 0.496 e. The Labute approximate surface area is 156 Å². The van der Waals surface area contributed by atoms with Gasteiger partial charge in [0, 0.05) is 17.0 Å². The monoisotopic (exact) mass is 429 g/mol. The van der Waals surface area contributed by atoms with Crippen LogP contribution in [-0.4, -0.2) is 25.2 Å². The van der Waals surface area contributed by atoms with E-state index in [2.05, 4.69) is 24.4 Å². The van der Waals surface area contributed by atoms with Gasteiger partial charge in [-0.3, -0.25) is 0 Å². The highest BCUT2D eigenvalue weighted by Crippen LogP contribution is 2.52. The second-order valence-electron chi connectivity index (χ2n) is 6.83. The Morgan fingerprint density at radius 2 is 1.96 bits per heavy atom. The maximum atomic E-state index is 6.12. The van der Waals surface area contributed by atoms with Gasteiger partial charge in [0.15, 0.2) is 5.96 Å². The van der Waals surface area contributed by atoms with Gasteiger partial charge in [-0.1, -0.05) is 44.4 Å². The quantitative estimate of drug-likeness (QED) is 0.437. The van der Waals surface area contributed by atoms with Crippen LogP contribution in [0, 0.1) is 0 Å². The molecule has 0 bridgehead atoms. The van der Waals surface area contributed by atoms with Crippen LogP contribution in [0.5, 0.6) is 5.75 Å². The average molecular weight is 429 g/mol. The van der Waals surface area contributed by atoms with E-state index in [9.17, 15) is 0 Å². The normalized spacial score (nSPS) is 27.9. The number of hydrogen-bond acceptors (Lipinski definition) is 2. The summed E-state index contributed by atoms with van der Waals surface area (Å²) < 4.78 is 5.49. The second-order valence-corrected chi connectivity index (χ2v) is 6.83. The molecule has 2 atom stereocenters. The fourth-order valence-corrected chi connectivity index (χ4v) is 3.60. The fraction of sp³-hybridized carbons (Fsp3) is 0.611. The molecule has 2 fully saturated rings. The lowest BCUT2D eigenvalue weighted by molar-refractivity contribution is 0.404. The van der Waals surface area contributed by atoms with Crippen molar-refractivity contribution in [2.45, 2.75) is 62.9 Å². The van der Waals surface area contributed by atoms with Gasteiger partial charge in [0.2, 0.25) is 0 Å². The topological polar surface area (TPSA) is 59.6 Å². The van der Waals surface area contributed by atoms with Crippen molar-refractivity contribution in [3.63, 3.8) is 0 Å². The van der Waals surface area contributed by atoms with E-state index in [4.69, 9.17) is 15.5 Å². The molecule has 128 valence electrons. The molecule has 0 amide bonds. The SMILES string of the molecule is COc1ccccc1C1(C)CC1N=C(N)NC1CCCCC1.I. The number of para-hydroxylation sites is 1. The van der Waals surface area contributed by atoms with Crippen LogP contribution in [0.2, 0.25) is 0 Å². The van der Waals surface area contributed by atoms with E-state index >= 15 is 0 Å². The van der Waals surface area contributed by atoms with Crippen molar-refractivity contribution in [2.75, 3.05) is 7.11 Å². The average Bonchev–Trinajstić information content (AvgIpc) is 3.19. The Bertz CT molecular complexity index is 557. The van der Waals surface area contributed by atoms with E-state index in [-0.39, 0.29) is 35.4 Å². The molecule has 2 unspecified atom stereocenters. The number of nitrogens with zero attached hydrogens (tertiary/aromatic N) is 1. The van der Waals surface area contributed by atoms with Crippen LogP contribution in [-0.2, 0) is 5.41 Å². The van der Waals surface area contributed by atoms with Crippen molar-refractivity contribution in [1.82, 2.24) is 5.32 Å². The van der Waals surface area contributed by atoms with Crippen molar-refractivity contribution >= 4 is 29.9 Å². The Balaban J connectivity index is 0.00000192. The van der Waals surface area contributed by atoms with E-state index in [0.717, 1.165) is 12.2 Å². The van der Waals surface area contributed by atoms with Gasteiger partial charge in [-0.15, -0.1) is 24.0 Å². The predicted octanol–water partition coefficient (Wildman–Crippen LogP) is 3.58. The lowest BCUT2D eigenvalue weighted by atomic mass is 9.95. The fourth-order valence-electron chi connectivity index (χ4n) is 3.60. The Kier molecular flexibility index (Phi) is 6.17. The number of hydrogen-bond donors (Lipinski definition) is 2. The number of rotatable bonds is 4.